The average Bonchev–Trinajstić information content (AvgIpc) is 2.57. The number of carbonyl (C=O) groups is 1. The lowest BCUT2D eigenvalue weighted by Gasteiger charge is -2.24. The summed E-state index contributed by atoms with van der Waals surface area (Å²) in [6, 6.07) is 8.80. The maximum absolute atomic E-state index is 12.6. The first-order valence-corrected chi connectivity index (χ1v) is 8.00. The fourth-order valence-electron chi connectivity index (χ4n) is 1.99. The fourth-order valence-corrected chi connectivity index (χ4v) is 2.21. The van der Waals surface area contributed by atoms with E-state index in [0.29, 0.717) is 11.5 Å². The van der Waals surface area contributed by atoms with E-state index in [1.54, 1.807) is 6.92 Å². The fraction of sp³-hybridized carbons (Fsp3) is 0.278. The van der Waals surface area contributed by atoms with Crippen LogP contribution < -0.4 is 9.47 Å². The van der Waals surface area contributed by atoms with E-state index in [2.05, 4.69) is 0 Å². The Bertz CT molecular complexity index is 790. The molecule has 4 nitrogen and oxygen atoms in total. The SMILES string of the molecule is CCC(C)(Oc1ccc(Oc2ccc(C(F)(F)F)cc2Cl)cc1)C(=O)O. The quantitative estimate of drug-likeness (QED) is 0.681. The zero-order valence-electron chi connectivity index (χ0n) is 13.9. The van der Waals surface area contributed by atoms with Gasteiger partial charge in [-0.3, -0.25) is 0 Å². The van der Waals surface area contributed by atoms with Crippen LogP contribution in [0, 0.1) is 0 Å². The number of halogens is 4. The van der Waals surface area contributed by atoms with Crippen molar-refractivity contribution in [1.82, 2.24) is 0 Å². The number of aliphatic carboxylic acids is 1. The molecule has 0 aliphatic heterocycles. The molecular weight excluding hydrogens is 373 g/mol. The summed E-state index contributed by atoms with van der Waals surface area (Å²) >= 11 is 5.84. The van der Waals surface area contributed by atoms with Crippen LogP contribution >= 0.6 is 11.6 Å². The number of carboxylic acid groups (broad SMARTS) is 1. The molecule has 0 radical (unpaired) electrons. The Morgan fingerprint density at radius 3 is 2.15 bits per heavy atom. The van der Waals surface area contributed by atoms with Crippen molar-refractivity contribution in [2.45, 2.75) is 32.0 Å². The van der Waals surface area contributed by atoms with Gasteiger partial charge >= 0.3 is 12.1 Å². The molecule has 26 heavy (non-hydrogen) atoms. The predicted molar refractivity (Wildman–Crippen MR) is 89.9 cm³/mol. The van der Waals surface area contributed by atoms with Gasteiger partial charge in [0.05, 0.1) is 10.6 Å². The number of rotatable bonds is 6. The number of alkyl halides is 3. The summed E-state index contributed by atoms with van der Waals surface area (Å²) in [6.45, 7) is 3.15. The molecule has 1 N–H and O–H groups in total. The minimum Gasteiger partial charge on any atom is -0.478 e. The molecule has 8 heteroatoms. The normalized spacial score (nSPS) is 13.8. The monoisotopic (exact) mass is 388 g/mol. The molecule has 0 amide bonds. The van der Waals surface area contributed by atoms with Crippen molar-refractivity contribution in [3.8, 4) is 17.2 Å². The van der Waals surface area contributed by atoms with Crippen LogP contribution in [0.4, 0.5) is 13.2 Å². The molecule has 0 bridgehead atoms. The highest BCUT2D eigenvalue weighted by Gasteiger charge is 2.33. The van der Waals surface area contributed by atoms with Gasteiger partial charge in [-0.1, -0.05) is 18.5 Å². The molecule has 0 saturated heterocycles. The molecule has 140 valence electrons. The highest BCUT2D eigenvalue weighted by Crippen LogP contribution is 2.36. The molecule has 0 spiro atoms. The van der Waals surface area contributed by atoms with Crippen LogP contribution in [0.25, 0.3) is 0 Å². The molecule has 1 unspecified atom stereocenters. The van der Waals surface area contributed by atoms with Crippen molar-refractivity contribution in [1.29, 1.82) is 0 Å². The minimum absolute atomic E-state index is 0.0669. The van der Waals surface area contributed by atoms with Gasteiger partial charge in [0.1, 0.15) is 17.2 Å². The Labute approximate surface area is 153 Å². The van der Waals surface area contributed by atoms with Gasteiger partial charge in [0.2, 0.25) is 5.60 Å². The van der Waals surface area contributed by atoms with Gasteiger partial charge < -0.3 is 14.6 Å². The highest BCUT2D eigenvalue weighted by atomic mass is 35.5. The summed E-state index contributed by atoms with van der Waals surface area (Å²) in [7, 11) is 0. The number of benzene rings is 2. The van der Waals surface area contributed by atoms with Gasteiger partial charge in [0.15, 0.2) is 0 Å². The van der Waals surface area contributed by atoms with Gasteiger partial charge in [0, 0.05) is 0 Å². The Balaban J connectivity index is 2.14. The molecule has 2 rings (SSSR count). The van der Waals surface area contributed by atoms with E-state index in [4.69, 9.17) is 21.1 Å². The van der Waals surface area contributed by atoms with E-state index in [-0.39, 0.29) is 17.2 Å². The lowest BCUT2D eigenvalue weighted by molar-refractivity contribution is -0.154. The van der Waals surface area contributed by atoms with Crippen molar-refractivity contribution in [2.24, 2.45) is 0 Å². The van der Waals surface area contributed by atoms with Crippen molar-refractivity contribution < 1.29 is 32.5 Å². The molecule has 0 fully saturated rings. The zero-order valence-corrected chi connectivity index (χ0v) is 14.7. The minimum atomic E-state index is -4.49. The van der Waals surface area contributed by atoms with Gasteiger partial charge in [-0.25, -0.2) is 4.79 Å². The maximum atomic E-state index is 12.6. The summed E-state index contributed by atoms with van der Waals surface area (Å²) in [6.07, 6.45) is -4.22. The van der Waals surface area contributed by atoms with E-state index < -0.39 is 23.3 Å². The van der Waals surface area contributed by atoms with Crippen molar-refractivity contribution in [2.75, 3.05) is 0 Å². The Morgan fingerprint density at radius 1 is 1.12 bits per heavy atom. The molecule has 0 saturated carbocycles. The molecule has 0 aromatic heterocycles. The first-order chi connectivity index (χ1) is 12.0. The summed E-state index contributed by atoms with van der Waals surface area (Å²) in [5, 5.41) is 9.03. The van der Waals surface area contributed by atoms with Crippen LogP contribution in [0.5, 0.6) is 17.2 Å². The maximum Gasteiger partial charge on any atom is 0.416 e. The van der Waals surface area contributed by atoms with Crippen molar-refractivity contribution in [3.63, 3.8) is 0 Å². The van der Waals surface area contributed by atoms with E-state index >= 15 is 0 Å². The van der Waals surface area contributed by atoms with Crippen LogP contribution in [0.3, 0.4) is 0 Å². The first kappa shape index (κ1) is 19.9. The Morgan fingerprint density at radius 2 is 1.69 bits per heavy atom. The second-order valence-corrected chi connectivity index (χ2v) is 6.12. The molecule has 0 aliphatic rings. The lowest BCUT2D eigenvalue weighted by atomic mass is 10.0. The third-order valence-electron chi connectivity index (χ3n) is 3.78. The van der Waals surface area contributed by atoms with E-state index in [9.17, 15) is 23.1 Å². The number of carboxylic acids is 1. The van der Waals surface area contributed by atoms with Crippen LogP contribution in [0.2, 0.25) is 5.02 Å². The van der Waals surface area contributed by atoms with Gasteiger partial charge in [-0.15, -0.1) is 0 Å². The van der Waals surface area contributed by atoms with E-state index in [0.717, 1.165) is 18.2 Å². The number of hydrogen-bond donors (Lipinski definition) is 1. The molecular formula is C18H16ClF3O4. The highest BCUT2D eigenvalue weighted by molar-refractivity contribution is 6.32. The second-order valence-electron chi connectivity index (χ2n) is 5.71. The summed E-state index contributed by atoms with van der Waals surface area (Å²) < 4.78 is 48.9. The molecule has 1 atom stereocenters. The van der Waals surface area contributed by atoms with Crippen molar-refractivity contribution >= 4 is 17.6 Å². The standard InChI is InChI=1S/C18H16ClF3O4/c1-3-17(2,16(23)24)26-13-7-5-12(6-8-13)25-15-9-4-11(10-14(15)19)18(20,21)22/h4-10H,3H2,1-2H3,(H,23,24). The molecule has 2 aromatic carbocycles. The summed E-state index contributed by atoms with van der Waals surface area (Å²) in [4.78, 5) is 11.3. The van der Waals surface area contributed by atoms with E-state index in [1.165, 1.54) is 31.2 Å². The third-order valence-corrected chi connectivity index (χ3v) is 4.08. The zero-order chi connectivity index (χ0) is 19.5. The van der Waals surface area contributed by atoms with Gasteiger partial charge in [0.25, 0.3) is 0 Å². The molecule has 0 heterocycles. The topological polar surface area (TPSA) is 55.8 Å². The average molecular weight is 389 g/mol. The third kappa shape index (κ3) is 4.60. The number of hydrogen-bond acceptors (Lipinski definition) is 3. The van der Waals surface area contributed by atoms with Gasteiger partial charge in [-0.05, 0) is 55.8 Å². The van der Waals surface area contributed by atoms with Crippen molar-refractivity contribution in [3.05, 3.63) is 53.1 Å². The van der Waals surface area contributed by atoms with Crippen LogP contribution in [-0.4, -0.2) is 16.7 Å². The van der Waals surface area contributed by atoms with E-state index in [1.807, 2.05) is 0 Å². The second kappa shape index (κ2) is 7.45. The summed E-state index contributed by atoms with van der Waals surface area (Å²) in [5.74, 6) is -0.385. The molecule has 0 aliphatic carbocycles. The Kier molecular flexibility index (Phi) is 5.71. The van der Waals surface area contributed by atoms with Crippen LogP contribution in [-0.2, 0) is 11.0 Å². The molecule has 2 aromatic rings. The predicted octanol–water partition coefficient (Wildman–Crippen LogP) is 5.78. The van der Waals surface area contributed by atoms with Gasteiger partial charge in [-0.2, -0.15) is 13.2 Å². The first-order valence-electron chi connectivity index (χ1n) is 7.62. The summed E-state index contributed by atoms with van der Waals surface area (Å²) in [5.41, 5.74) is -2.23. The van der Waals surface area contributed by atoms with Crippen LogP contribution in [0.15, 0.2) is 42.5 Å². The largest absolute Gasteiger partial charge is 0.478 e. The smallest absolute Gasteiger partial charge is 0.416 e. The lowest BCUT2D eigenvalue weighted by Crippen LogP contribution is -2.40. The number of ether oxygens (including phenoxy) is 2. The van der Waals surface area contributed by atoms with Crippen LogP contribution in [0.1, 0.15) is 25.8 Å². The Hall–Kier alpha value is -2.41.